The van der Waals surface area contributed by atoms with Gasteiger partial charge < -0.3 is 10.6 Å². The molecule has 0 spiro atoms. The fourth-order valence-electron chi connectivity index (χ4n) is 0.849. The molecule has 1 aromatic carbocycles. The number of anilines is 1. The van der Waals surface area contributed by atoms with E-state index in [0.29, 0.717) is 11.3 Å². The predicted octanol–water partition coefficient (Wildman–Crippen LogP) is 1.34. The Labute approximate surface area is 83.0 Å². The van der Waals surface area contributed by atoms with E-state index < -0.39 is 5.97 Å². The van der Waals surface area contributed by atoms with Crippen molar-refractivity contribution in [3.63, 3.8) is 0 Å². The van der Waals surface area contributed by atoms with Crippen LogP contribution in [-0.4, -0.2) is 12.0 Å². The number of nitrogens with one attached hydrogen (secondary N) is 1. The van der Waals surface area contributed by atoms with Crippen LogP contribution in [0.1, 0.15) is 24.2 Å². The molecule has 3 N–H and O–H groups in total. The van der Waals surface area contributed by atoms with Crippen molar-refractivity contribution in [3.05, 3.63) is 29.8 Å². The van der Waals surface area contributed by atoms with Gasteiger partial charge in [0.1, 0.15) is 0 Å². The minimum Gasteiger partial charge on any atom is -0.399 e. The second-order valence-electron chi connectivity index (χ2n) is 3.28. The van der Waals surface area contributed by atoms with Crippen molar-refractivity contribution in [2.24, 2.45) is 0 Å². The van der Waals surface area contributed by atoms with E-state index in [4.69, 9.17) is 10.6 Å². The van der Waals surface area contributed by atoms with Crippen LogP contribution >= 0.6 is 0 Å². The molecule has 0 heterocycles. The first-order chi connectivity index (χ1) is 6.59. The zero-order valence-electron chi connectivity index (χ0n) is 8.28. The highest BCUT2D eigenvalue weighted by Gasteiger charge is 2.06. The Hall–Kier alpha value is -1.55. The van der Waals surface area contributed by atoms with Crippen LogP contribution in [-0.2, 0) is 4.84 Å². The second-order valence-corrected chi connectivity index (χ2v) is 3.28. The molecule has 0 bridgehead atoms. The van der Waals surface area contributed by atoms with Crippen LogP contribution in [0, 0.1) is 0 Å². The van der Waals surface area contributed by atoms with Gasteiger partial charge >= 0.3 is 5.97 Å². The van der Waals surface area contributed by atoms with Crippen LogP contribution in [0.2, 0.25) is 0 Å². The van der Waals surface area contributed by atoms with Crippen molar-refractivity contribution in [1.82, 2.24) is 5.48 Å². The Kier molecular flexibility index (Phi) is 3.48. The molecule has 14 heavy (non-hydrogen) atoms. The number of nitrogen functional groups attached to an aromatic ring is 1. The molecule has 1 rings (SSSR count). The average Bonchev–Trinajstić information content (AvgIpc) is 2.15. The number of nitrogens with two attached hydrogens (primary N) is 1. The molecule has 0 aliphatic heterocycles. The summed E-state index contributed by atoms with van der Waals surface area (Å²) in [7, 11) is 0. The molecule has 1 aromatic rings. The third-order valence-corrected chi connectivity index (χ3v) is 1.53. The van der Waals surface area contributed by atoms with E-state index >= 15 is 0 Å². The van der Waals surface area contributed by atoms with Gasteiger partial charge in [-0.3, -0.25) is 0 Å². The molecule has 0 radical (unpaired) electrons. The first-order valence-corrected chi connectivity index (χ1v) is 4.42. The lowest BCUT2D eigenvalue weighted by Gasteiger charge is -2.07. The van der Waals surface area contributed by atoms with Crippen molar-refractivity contribution in [3.8, 4) is 0 Å². The third-order valence-electron chi connectivity index (χ3n) is 1.53. The molecular weight excluding hydrogens is 180 g/mol. The smallest absolute Gasteiger partial charge is 0.356 e. The maximum absolute atomic E-state index is 11.3. The molecule has 0 aliphatic rings. The minimum atomic E-state index is -0.404. The van der Waals surface area contributed by atoms with Crippen LogP contribution in [0.4, 0.5) is 5.69 Å². The maximum atomic E-state index is 11.3. The number of benzene rings is 1. The predicted molar refractivity (Wildman–Crippen MR) is 54.5 cm³/mol. The molecule has 0 saturated carbocycles. The number of hydrogen-bond donors (Lipinski definition) is 2. The van der Waals surface area contributed by atoms with Crippen LogP contribution < -0.4 is 11.2 Å². The number of hydroxylamine groups is 1. The van der Waals surface area contributed by atoms with Gasteiger partial charge in [-0.2, -0.15) is 5.48 Å². The summed E-state index contributed by atoms with van der Waals surface area (Å²) in [6.07, 6.45) is 0. The summed E-state index contributed by atoms with van der Waals surface area (Å²) in [4.78, 5) is 16.1. The van der Waals surface area contributed by atoms with Gasteiger partial charge in [0.2, 0.25) is 0 Å². The lowest BCUT2D eigenvalue weighted by Crippen LogP contribution is -2.26. The normalized spacial score (nSPS) is 10.2. The number of carbonyl (C=O) groups excluding carboxylic acids is 1. The summed E-state index contributed by atoms with van der Waals surface area (Å²) in [5.41, 5.74) is 9.16. The van der Waals surface area contributed by atoms with Crippen molar-refractivity contribution >= 4 is 11.7 Å². The molecule has 0 aromatic heterocycles. The minimum absolute atomic E-state index is 0.104. The molecular formula is C10H14N2O2. The van der Waals surface area contributed by atoms with Gasteiger partial charge in [0, 0.05) is 11.7 Å². The van der Waals surface area contributed by atoms with Gasteiger partial charge in [-0.05, 0) is 38.1 Å². The van der Waals surface area contributed by atoms with Crippen LogP contribution in [0.15, 0.2) is 24.3 Å². The standard InChI is InChI=1S/C10H14N2O2/c1-7(2)12-14-10(13)8-3-5-9(11)6-4-8/h3-7,12H,11H2,1-2H3. The van der Waals surface area contributed by atoms with Crippen LogP contribution in [0.5, 0.6) is 0 Å². The zero-order valence-corrected chi connectivity index (χ0v) is 8.28. The largest absolute Gasteiger partial charge is 0.399 e. The Bertz CT molecular complexity index is 306. The lowest BCUT2D eigenvalue weighted by molar-refractivity contribution is 0.0188. The lowest BCUT2D eigenvalue weighted by atomic mass is 10.2. The summed E-state index contributed by atoms with van der Waals surface area (Å²) in [6.45, 7) is 3.77. The van der Waals surface area contributed by atoms with Crippen molar-refractivity contribution in [1.29, 1.82) is 0 Å². The highest BCUT2D eigenvalue weighted by molar-refractivity contribution is 5.89. The molecule has 76 valence electrons. The summed E-state index contributed by atoms with van der Waals surface area (Å²) in [5.74, 6) is -0.404. The average molecular weight is 194 g/mol. The monoisotopic (exact) mass is 194 g/mol. The highest BCUT2D eigenvalue weighted by atomic mass is 16.7. The second kappa shape index (κ2) is 4.62. The zero-order chi connectivity index (χ0) is 10.6. The Balaban J connectivity index is 2.57. The van der Waals surface area contributed by atoms with E-state index in [0.717, 1.165) is 0 Å². The van der Waals surface area contributed by atoms with Crippen molar-refractivity contribution < 1.29 is 9.63 Å². The van der Waals surface area contributed by atoms with Crippen molar-refractivity contribution in [2.45, 2.75) is 19.9 Å². The molecule has 0 aliphatic carbocycles. The molecule has 0 saturated heterocycles. The third kappa shape index (κ3) is 3.06. The SMILES string of the molecule is CC(C)NOC(=O)c1ccc(N)cc1. The Morgan fingerprint density at radius 2 is 1.93 bits per heavy atom. The Morgan fingerprint density at radius 1 is 1.36 bits per heavy atom. The summed E-state index contributed by atoms with van der Waals surface area (Å²) in [5, 5.41) is 0. The Morgan fingerprint density at radius 3 is 2.43 bits per heavy atom. The fraction of sp³-hybridized carbons (Fsp3) is 0.300. The van der Waals surface area contributed by atoms with Crippen LogP contribution in [0.25, 0.3) is 0 Å². The van der Waals surface area contributed by atoms with E-state index in [1.165, 1.54) is 0 Å². The van der Waals surface area contributed by atoms with E-state index in [1.807, 2.05) is 13.8 Å². The van der Waals surface area contributed by atoms with E-state index in [1.54, 1.807) is 24.3 Å². The highest BCUT2D eigenvalue weighted by Crippen LogP contribution is 2.06. The maximum Gasteiger partial charge on any atom is 0.356 e. The molecule has 0 unspecified atom stereocenters. The van der Waals surface area contributed by atoms with E-state index in [-0.39, 0.29) is 6.04 Å². The van der Waals surface area contributed by atoms with Gasteiger partial charge in [-0.1, -0.05) is 0 Å². The summed E-state index contributed by atoms with van der Waals surface area (Å²) < 4.78 is 0. The van der Waals surface area contributed by atoms with Gasteiger partial charge in [0.05, 0.1) is 5.56 Å². The van der Waals surface area contributed by atoms with E-state index in [2.05, 4.69) is 5.48 Å². The quantitative estimate of drug-likeness (QED) is 0.563. The number of carbonyl (C=O) groups is 1. The summed E-state index contributed by atoms with van der Waals surface area (Å²) in [6, 6.07) is 6.67. The summed E-state index contributed by atoms with van der Waals surface area (Å²) >= 11 is 0. The number of rotatable bonds is 3. The molecule has 4 nitrogen and oxygen atoms in total. The molecule has 4 heteroatoms. The van der Waals surface area contributed by atoms with Crippen molar-refractivity contribution in [2.75, 3.05) is 5.73 Å². The number of hydrogen-bond acceptors (Lipinski definition) is 4. The fourth-order valence-corrected chi connectivity index (χ4v) is 0.849. The van der Waals surface area contributed by atoms with Gasteiger partial charge in [0.15, 0.2) is 0 Å². The molecule has 0 amide bonds. The first-order valence-electron chi connectivity index (χ1n) is 4.42. The van der Waals surface area contributed by atoms with Gasteiger partial charge in [-0.15, -0.1) is 0 Å². The van der Waals surface area contributed by atoms with Gasteiger partial charge in [0.25, 0.3) is 0 Å². The first kappa shape index (κ1) is 10.5. The van der Waals surface area contributed by atoms with E-state index in [9.17, 15) is 4.79 Å². The van der Waals surface area contributed by atoms with Crippen LogP contribution in [0.3, 0.4) is 0 Å². The molecule has 0 atom stereocenters. The molecule has 0 fully saturated rings. The topological polar surface area (TPSA) is 64.3 Å². The van der Waals surface area contributed by atoms with Gasteiger partial charge in [-0.25, -0.2) is 4.79 Å².